The van der Waals surface area contributed by atoms with E-state index in [0.29, 0.717) is 12.3 Å². The summed E-state index contributed by atoms with van der Waals surface area (Å²) in [7, 11) is 0. The van der Waals surface area contributed by atoms with Crippen LogP contribution >= 0.6 is 27.3 Å². The third kappa shape index (κ3) is 1.55. The molecule has 2 rings (SSSR count). The minimum Gasteiger partial charge on any atom is -0.461 e. The quantitative estimate of drug-likeness (QED) is 0.790. The van der Waals surface area contributed by atoms with Gasteiger partial charge in [-0.3, -0.25) is 4.40 Å². The second-order valence-electron chi connectivity index (χ2n) is 2.56. The highest BCUT2D eigenvalue weighted by atomic mass is 79.9. The Labute approximate surface area is 92.6 Å². The van der Waals surface area contributed by atoms with Crippen LogP contribution in [0.1, 0.15) is 17.4 Å². The molecule has 0 bridgehead atoms. The predicted molar refractivity (Wildman–Crippen MR) is 56.7 cm³/mol. The maximum atomic E-state index is 11.3. The van der Waals surface area contributed by atoms with Gasteiger partial charge in [-0.1, -0.05) is 0 Å². The van der Waals surface area contributed by atoms with Crippen LogP contribution < -0.4 is 0 Å². The Kier molecular flexibility index (Phi) is 2.56. The molecule has 4 nitrogen and oxygen atoms in total. The number of hydrogen-bond acceptors (Lipinski definition) is 4. The lowest BCUT2D eigenvalue weighted by molar-refractivity contribution is 0.0520. The Morgan fingerprint density at radius 3 is 3.21 bits per heavy atom. The molecule has 2 aromatic rings. The van der Waals surface area contributed by atoms with Crippen LogP contribution in [0.2, 0.25) is 0 Å². The van der Waals surface area contributed by atoms with Crippen molar-refractivity contribution in [2.45, 2.75) is 6.92 Å². The molecule has 0 N–H and O–H groups in total. The molecule has 0 saturated carbocycles. The Morgan fingerprint density at radius 2 is 2.57 bits per heavy atom. The van der Waals surface area contributed by atoms with Crippen LogP contribution in [0.4, 0.5) is 0 Å². The minimum atomic E-state index is -0.379. The fourth-order valence-corrected chi connectivity index (χ4v) is 2.46. The lowest BCUT2D eigenvalue weighted by Gasteiger charge is -1.95. The zero-order chi connectivity index (χ0) is 10.1. The molecule has 0 atom stereocenters. The fraction of sp³-hybridized carbons (Fsp3) is 0.250. The van der Waals surface area contributed by atoms with Gasteiger partial charge in [0.15, 0.2) is 10.7 Å². The SMILES string of the molecule is CCOC(=O)c1cn2c(Br)csc2n1. The first-order valence-corrected chi connectivity index (χ1v) is 5.69. The van der Waals surface area contributed by atoms with Gasteiger partial charge >= 0.3 is 5.97 Å². The molecule has 14 heavy (non-hydrogen) atoms. The first kappa shape index (κ1) is 9.67. The third-order valence-corrected chi connectivity index (χ3v) is 3.40. The number of carbonyl (C=O) groups excluding carboxylic acids is 1. The van der Waals surface area contributed by atoms with E-state index in [4.69, 9.17) is 4.74 Å². The maximum absolute atomic E-state index is 11.3. The van der Waals surface area contributed by atoms with Crippen LogP contribution in [0, 0.1) is 0 Å². The van der Waals surface area contributed by atoms with E-state index in [9.17, 15) is 4.79 Å². The van der Waals surface area contributed by atoms with Crippen molar-refractivity contribution in [2.75, 3.05) is 6.61 Å². The van der Waals surface area contributed by atoms with Crippen LogP contribution in [0.3, 0.4) is 0 Å². The Morgan fingerprint density at radius 1 is 1.79 bits per heavy atom. The van der Waals surface area contributed by atoms with Crippen molar-refractivity contribution in [1.29, 1.82) is 0 Å². The van der Waals surface area contributed by atoms with E-state index in [1.54, 1.807) is 17.5 Å². The predicted octanol–water partition coefficient (Wildman–Crippen LogP) is 2.34. The standard InChI is InChI=1S/C8H7BrN2O2S/c1-2-13-7(12)5-3-11-6(9)4-14-8(11)10-5/h3-4H,2H2,1H3. The van der Waals surface area contributed by atoms with Gasteiger partial charge in [0.2, 0.25) is 0 Å². The van der Waals surface area contributed by atoms with Crippen molar-refractivity contribution in [3.05, 3.63) is 21.9 Å². The Bertz CT molecular complexity index is 477. The van der Waals surface area contributed by atoms with Crippen molar-refractivity contribution in [3.8, 4) is 0 Å². The fourth-order valence-electron chi connectivity index (χ4n) is 1.06. The number of ether oxygens (including phenoxy) is 1. The average molecular weight is 275 g/mol. The van der Waals surface area contributed by atoms with Crippen LogP contribution in [-0.4, -0.2) is 22.0 Å². The van der Waals surface area contributed by atoms with Gasteiger partial charge in [0.1, 0.15) is 4.60 Å². The molecule has 2 heterocycles. The van der Waals surface area contributed by atoms with Gasteiger partial charge in [-0.05, 0) is 22.9 Å². The molecule has 6 heteroatoms. The van der Waals surface area contributed by atoms with Gasteiger partial charge in [0.05, 0.1) is 6.61 Å². The molecule has 0 aliphatic heterocycles. The second-order valence-corrected chi connectivity index (χ2v) is 4.21. The minimum absolute atomic E-state index is 0.347. The molecule has 74 valence electrons. The Balaban J connectivity index is 2.40. The molecule has 0 spiro atoms. The van der Waals surface area contributed by atoms with E-state index in [2.05, 4.69) is 20.9 Å². The van der Waals surface area contributed by atoms with Gasteiger partial charge in [-0.25, -0.2) is 9.78 Å². The summed E-state index contributed by atoms with van der Waals surface area (Å²) in [6.07, 6.45) is 1.66. The molecule has 2 aromatic heterocycles. The van der Waals surface area contributed by atoms with Crippen molar-refractivity contribution < 1.29 is 9.53 Å². The summed E-state index contributed by atoms with van der Waals surface area (Å²) >= 11 is 4.82. The number of carbonyl (C=O) groups is 1. The highest BCUT2D eigenvalue weighted by Crippen LogP contribution is 2.21. The normalized spacial score (nSPS) is 10.7. The lowest BCUT2D eigenvalue weighted by atomic mass is 10.5. The topological polar surface area (TPSA) is 43.6 Å². The van der Waals surface area contributed by atoms with E-state index in [-0.39, 0.29) is 5.97 Å². The number of aromatic nitrogens is 2. The van der Waals surface area contributed by atoms with E-state index in [1.807, 2.05) is 5.38 Å². The summed E-state index contributed by atoms with van der Waals surface area (Å²) in [5.74, 6) is -0.379. The average Bonchev–Trinajstić information content (AvgIpc) is 2.69. The van der Waals surface area contributed by atoms with Gasteiger partial charge in [0.25, 0.3) is 0 Å². The zero-order valence-corrected chi connectivity index (χ0v) is 9.76. The number of nitrogens with zero attached hydrogens (tertiary/aromatic N) is 2. The summed E-state index contributed by atoms with van der Waals surface area (Å²) in [6, 6.07) is 0. The highest BCUT2D eigenvalue weighted by molar-refractivity contribution is 9.10. The summed E-state index contributed by atoms with van der Waals surface area (Å²) in [6.45, 7) is 2.14. The Hall–Kier alpha value is -0.880. The van der Waals surface area contributed by atoms with Gasteiger partial charge in [-0.2, -0.15) is 0 Å². The number of thiazole rings is 1. The summed E-state index contributed by atoms with van der Waals surface area (Å²) < 4.78 is 7.53. The maximum Gasteiger partial charge on any atom is 0.358 e. The van der Waals surface area contributed by atoms with Crippen LogP contribution in [0.25, 0.3) is 4.96 Å². The van der Waals surface area contributed by atoms with Crippen molar-refractivity contribution in [1.82, 2.24) is 9.38 Å². The molecule has 0 aromatic carbocycles. The largest absolute Gasteiger partial charge is 0.461 e. The number of esters is 1. The van der Waals surface area contributed by atoms with Crippen molar-refractivity contribution in [2.24, 2.45) is 0 Å². The van der Waals surface area contributed by atoms with Crippen molar-refractivity contribution in [3.63, 3.8) is 0 Å². The molecular formula is C8H7BrN2O2S. The van der Waals surface area contributed by atoms with E-state index >= 15 is 0 Å². The smallest absolute Gasteiger partial charge is 0.358 e. The zero-order valence-electron chi connectivity index (χ0n) is 7.36. The second kappa shape index (κ2) is 3.70. The van der Waals surface area contributed by atoms with E-state index in [0.717, 1.165) is 9.56 Å². The molecule has 0 amide bonds. The third-order valence-electron chi connectivity index (χ3n) is 1.65. The van der Waals surface area contributed by atoms with Gasteiger partial charge in [-0.15, -0.1) is 11.3 Å². The summed E-state index contributed by atoms with van der Waals surface area (Å²) in [5, 5.41) is 1.91. The molecule has 0 unspecified atom stereocenters. The molecule has 0 aliphatic carbocycles. The van der Waals surface area contributed by atoms with Crippen LogP contribution in [0.15, 0.2) is 16.2 Å². The first-order chi connectivity index (χ1) is 6.72. The van der Waals surface area contributed by atoms with E-state index < -0.39 is 0 Å². The number of halogens is 1. The summed E-state index contributed by atoms with van der Waals surface area (Å²) in [5.41, 5.74) is 0.347. The monoisotopic (exact) mass is 274 g/mol. The van der Waals surface area contributed by atoms with Crippen LogP contribution in [-0.2, 0) is 4.74 Å². The molecule has 0 fully saturated rings. The number of fused-ring (bicyclic) bond motifs is 1. The number of imidazole rings is 1. The lowest BCUT2D eigenvalue weighted by Crippen LogP contribution is -2.04. The van der Waals surface area contributed by atoms with Crippen LogP contribution in [0.5, 0.6) is 0 Å². The molecule has 0 saturated heterocycles. The van der Waals surface area contributed by atoms with Gasteiger partial charge < -0.3 is 4.74 Å². The van der Waals surface area contributed by atoms with Gasteiger partial charge in [0, 0.05) is 11.6 Å². The molecule has 0 aliphatic rings. The first-order valence-electron chi connectivity index (χ1n) is 4.01. The van der Waals surface area contributed by atoms with Crippen molar-refractivity contribution >= 4 is 38.2 Å². The highest BCUT2D eigenvalue weighted by Gasteiger charge is 2.13. The number of rotatable bonds is 2. The number of hydrogen-bond donors (Lipinski definition) is 0. The van der Waals surface area contributed by atoms with E-state index in [1.165, 1.54) is 11.3 Å². The molecular weight excluding hydrogens is 268 g/mol. The summed E-state index contributed by atoms with van der Waals surface area (Å²) in [4.78, 5) is 16.2. The molecule has 0 radical (unpaired) electrons.